The number of nitrogens with zero attached hydrogens (tertiary/aromatic N) is 4. The second-order valence-electron chi connectivity index (χ2n) is 7.18. The molecule has 0 radical (unpaired) electrons. The first kappa shape index (κ1) is 16.0. The molecular weight excluding hydrogens is 360 g/mol. The molecule has 0 unspecified atom stereocenters. The number of hydrogen-bond donors (Lipinski definition) is 0. The lowest BCUT2D eigenvalue weighted by Crippen LogP contribution is -1.94. The third-order valence-electron chi connectivity index (χ3n) is 5.30. The van der Waals surface area contributed by atoms with Crippen LogP contribution in [-0.2, 0) is 0 Å². The highest BCUT2D eigenvalue weighted by molar-refractivity contribution is 6.11. The SMILES string of the molecule is Cc1cc(-c2ncnc3cc(-n4ccnc4)ccc23)c2oc3ccccc3c2c1. The van der Waals surface area contributed by atoms with Crippen LogP contribution in [0.1, 0.15) is 5.56 Å². The number of benzene rings is 3. The topological polar surface area (TPSA) is 56.7 Å². The molecule has 3 heterocycles. The number of fused-ring (bicyclic) bond motifs is 4. The molecule has 0 aliphatic heterocycles. The van der Waals surface area contributed by atoms with Crippen LogP contribution in [0.4, 0.5) is 0 Å². The van der Waals surface area contributed by atoms with Crippen LogP contribution >= 0.6 is 0 Å². The van der Waals surface area contributed by atoms with Gasteiger partial charge >= 0.3 is 0 Å². The fourth-order valence-electron chi connectivity index (χ4n) is 3.98. The van der Waals surface area contributed by atoms with Crippen LogP contribution in [-0.4, -0.2) is 19.5 Å². The largest absolute Gasteiger partial charge is 0.455 e. The summed E-state index contributed by atoms with van der Waals surface area (Å²) in [5.74, 6) is 0. The zero-order valence-electron chi connectivity index (χ0n) is 15.7. The van der Waals surface area contributed by atoms with Crippen LogP contribution in [0.2, 0.25) is 0 Å². The van der Waals surface area contributed by atoms with Crippen molar-refractivity contribution in [2.75, 3.05) is 0 Å². The Morgan fingerprint density at radius 2 is 1.83 bits per heavy atom. The molecule has 0 fully saturated rings. The number of para-hydroxylation sites is 1. The lowest BCUT2D eigenvalue weighted by atomic mass is 10.0. The minimum Gasteiger partial charge on any atom is -0.455 e. The zero-order chi connectivity index (χ0) is 19.4. The molecule has 5 heteroatoms. The Bertz CT molecular complexity index is 1510. The lowest BCUT2D eigenvalue weighted by molar-refractivity contribution is 0.670. The van der Waals surface area contributed by atoms with E-state index in [4.69, 9.17) is 4.42 Å². The van der Waals surface area contributed by atoms with Gasteiger partial charge in [0, 0.05) is 39.8 Å². The average Bonchev–Trinajstić information content (AvgIpc) is 3.41. The molecule has 138 valence electrons. The summed E-state index contributed by atoms with van der Waals surface area (Å²) in [4.78, 5) is 13.3. The number of rotatable bonds is 2. The number of imidazole rings is 1. The Hall–Kier alpha value is -3.99. The maximum absolute atomic E-state index is 6.25. The number of hydrogen-bond acceptors (Lipinski definition) is 4. The van der Waals surface area contributed by atoms with E-state index in [1.165, 1.54) is 5.56 Å². The van der Waals surface area contributed by atoms with Crippen molar-refractivity contribution in [3.05, 3.63) is 85.2 Å². The molecular formula is C24H16N4O. The quantitative estimate of drug-likeness (QED) is 0.389. The van der Waals surface area contributed by atoms with Crippen molar-refractivity contribution < 1.29 is 4.42 Å². The van der Waals surface area contributed by atoms with Gasteiger partial charge < -0.3 is 8.98 Å². The van der Waals surface area contributed by atoms with E-state index in [2.05, 4.69) is 52.2 Å². The van der Waals surface area contributed by atoms with Crippen LogP contribution in [0.5, 0.6) is 0 Å². The second-order valence-corrected chi connectivity index (χ2v) is 7.18. The van der Waals surface area contributed by atoms with E-state index in [9.17, 15) is 0 Å². The summed E-state index contributed by atoms with van der Waals surface area (Å²) < 4.78 is 8.22. The minimum atomic E-state index is 0.857. The third-order valence-corrected chi connectivity index (χ3v) is 5.30. The van der Waals surface area contributed by atoms with Gasteiger partial charge in [0.05, 0.1) is 17.5 Å². The van der Waals surface area contributed by atoms with Crippen molar-refractivity contribution in [1.82, 2.24) is 19.5 Å². The normalized spacial score (nSPS) is 11.6. The maximum Gasteiger partial charge on any atom is 0.144 e. The molecule has 29 heavy (non-hydrogen) atoms. The van der Waals surface area contributed by atoms with E-state index in [0.29, 0.717) is 0 Å². The highest BCUT2D eigenvalue weighted by Gasteiger charge is 2.16. The molecule has 5 nitrogen and oxygen atoms in total. The van der Waals surface area contributed by atoms with Gasteiger partial charge in [0.15, 0.2) is 0 Å². The Morgan fingerprint density at radius 3 is 2.72 bits per heavy atom. The van der Waals surface area contributed by atoms with Gasteiger partial charge in [-0.05, 0) is 48.9 Å². The predicted octanol–water partition coefficient (Wildman–Crippen LogP) is 5.69. The first-order valence-electron chi connectivity index (χ1n) is 9.43. The van der Waals surface area contributed by atoms with Crippen molar-refractivity contribution in [2.24, 2.45) is 0 Å². The molecule has 0 aliphatic carbocycles. The van der Waals surface area contributed by atoms with Crippen LogP contribution in [0, 0.1) is 6.92 Å². The summed E-state index contributed by atoms with van der Waals surface area (Å²) >= 11 is 0. The summed E-state index contributed by atoms with van der Waals surface area (Å²) in [6.07, 6.45) is 7.08. The second kappa shape index (κ2) is 6.01. The fraction of sp³-hybridized carbons (Fsp3) is 0.0417. The van der Waals surface area contributed by atoms with Crippen molar-refractivity contribution in [1.29, 1.82) is 0 Å². The Kier molecular flexibility index (Phi) is 3.32. The summed E-state index contributed by atoms with van der Waals surface area (Å²) in [5, 5.41) is 3.22. The molecule has 0 saturated carbocycles. The number of furan rings is 1. The minimum absolute atomic E-state index is 0.857. The molecule has 3 aromatic heterocycles. The smallest absolute Gasteiger partial charge is 0.144 e. The van der Waals surface area contributed by atoms with Crippen LogP contribution in [0.3, 0.4) is 0 Å². The Labute approximate surface area is 166 Å². The van der Waals surface area contributed by atoms with Gasteiger partial charge in [-0.1, -0.05) is 18.2 Å². The summed E-state index contributed by atoms with van der Waals surface area (Å²) in [6, 6.07) is 18.6. The van der Waals surface area contributed by atoms with Gasteiger partial charge in [-0.25, -0.2) is 15.0 Å². The lowest BCUT2D eigenvalue weighted by Gasteiger charge is -2.09. The van der Waals surface area contributed by atoms with Crippen molar-refractivity contribution in [3.8, 4) is 16.9 Å². The summed E-state index contributed by atoms with van der Waals surface area (Å²) in [6.45, 7) is 2.10. The number of aryl methyl sites for hydroxylation is 1. The molecule has 0 N–H and O–H groups in total. The van der Waals surface area contributed by atoms with E-state index >= 15 is 0 Å². The van der Waals surface area contributed by atoms with Gasteiger partial charge in [0.25, 0.3) is 0 Å². The molecule has 0 aliphatic rings. The summed E-state index contributed by atoms with van der Waals surface area (Å²) in [5.41, 5.74) is 6.66. The first-order chi connectivity index (χ1) is 14.3. The van der Waals surface area contributed by atoms with Gasteiger partial charge in [0.2, 0.25) is 0 Å². The van der Waals surface area contributed by atoms with E-state index in [-0.39, 0.29) is 0 Å². The standard InChI is InChI=1S/C24H16N4O/c1-15-10-19-17-4-2-3-5-22(17)29-24(19)20(11-15)23-18-7-6-16(28-9-8-25-14-28)12-21(18)26-13-27-23/h2-14H,1H3. The zero-order valence-corrected chi connectivity index (χ0v) is 15.7. The van der Waals surface area contributed by atoms with Crippen molar-refractivity contribution >= 4 is 32.8 Å². The average molecular weight is 376 g/mol. The van der Waals surface area contributed by atoms with Crippen molar-refractivity contribution in [3.63, 3.8) is 0 Å². The van der Waals surface area contributed by atoms with Crippen LogP contribution in [0.25, 0.3) is 49.8 Å². The molecule has 0 saturated heterocycles. The van der Waals surface area contributed by atoms with Gasteiger partial charge in [-0.2, -0.15) is 0 Å². The Balaban J connectivity index is 1.65. The van der Waals surface area contributed by atoms with E-state index in [1.54, 1.807) is 18.9 Å². The Morgan fingerprint density at radius 1 is 0.897 bits per heavy atom. The molecule has 6 rings (SSSR count). The predicted molar refractivity (Wildman–Crippen MR) is 114 cm³/mol. The van der Waals surface area contributed by atoms with E-state index in [0.717, 1.165) is 49.8 Å². The monoisotopic (exact) mass is 376 g/mol. The first-order valence-corrected chi connectivity index (χ1v) is 9.43. The van der Waals surface area contributed by atoms with Gasteiger partial charge in [-0.3, -0.25) is 0 Å². The fourth-order valence-corrected chi connectivity index (χ4v) is 3.98. The van der Waals surface area contributed by atoms with E-state index in [1.807, 2.05) is 35.0 Å². The molecule has 0 atom stereocenters. The van der Waals surface area contributed by atoms with Gasteiger partial charge in [0.1, 0.15) is 17.5 Å². The molecule has 6 aromatic rings. The molecule has 3 aromatic carbocycles. The number of aromatic nitrogens is 4. The van der Waals surface area contributed by atoms with Crippen molar-refractivity contribution in [2.45, 2.75) is 6.92 Å². The molecule has 0 spiro atoms. The maximum atomic E-state index is 6.25. The van der Waals surface area contributed by atoms with Gasteiger partial charge in [-0.15, -0.1) is 0 Å². The van der Waals surface area contributed by atoms with E-state index < -0.39 is 0 Å². The molecule has 0 bridgehead atoms. The highest BCUT2D eigenvalue weighted by Crippen LogP contribution is 2.38. The summed E-state index contributed by atoms with van der Waals surface area (Å²) in [7, 11) is 0. The third kappa shape index (κ3) is 2.44. The van der Waals surface area contributed by atoms with Crippen LogP contribution < -0.4 is 0 Å². The highest BCUT2D eigenvalue weighted by atomic mass is 16.3. The van der Waals surface area contributed by atoms with Crippen LogP contribution in [0.15, 0.2) is 84.1 Å². The molecule has 0 amide bonds.